The summed E-state index contributed by atoms with van der Waals surface area (Å²) >= 11 is 0. The van der Waals surface area contributed by atoms with E-state index in [1.807, 2.05) is 17.0 Å². The molecule has 0 unspecified atom stereocenters. The van der Waals surface area contributed by atoms with Crippen LogP contribution in [0.25, 0.3) is 0 Å². The van der Waals surface area contributed by atoms with E-state index in [1.54, 1.807) is 14.0 Å². The molecule has 5 heteroatoms. The van der Waals surface area contributed by atoms with Crippen LogP contribution in [0.5, 0.6) is 5.75 Å². The van der Waals surface area contributed by atoms with Gasteiger partial charge in [0.1, 0.15) is 5.75 Å². The van der Waals surface area contributed by atoms with Crippen molar-refractivity contribution in [1.29, 1.82) is 0 Å². The lowest BCUT2D eigenvalue weighted by molar-refractivity contribution is -0.130. The van der Waals surface area contributed by atoms with Crippen molar-refractivity contribution in [1.82, 2.24) is 9.80 Å². The number of nitrogens with zero attached hydrogens (tertiary/aromatic N) is 2. The number of amides is 1. The highest BCUT2D eigenvalue weighted by Gasteiger charge is 2.18. The summed E-state index contributed by atoms with van der Waals surface area (Å²) in [6.07, 6.45) is 0.967. The number of rotatable bonds is 4. The number of nitrogens with two attached hydrogens (primary N) is 1. The minimum Gasteiger partial charge on any atom is -0.495 e. The van der Waals surface area contributed by atoms with Gasteiger partial charge in [-0.05, 0) is 24.1 Å². The van der Waals surface area contributed by atoms with Crippen molar-refractivity contribution in [2.75, 3.05) is 45.6 Å². The average Bonchev–Trinajstić information content (AvgIpc) is 2.45. The van der Waals surface area contributed by atoms with Gasteiger partial charge in [-0.25, -0.2) is 0 Å². The van der Waals surface area contributed by atoms with Crippen molar-refractivity contribution < 1.29 is 9.53 Å². The van der Waals surface area contributed by atoms with Crippen molar-refractivity contribution in [3.63, 3.8) is 0 Å². The Morgan fingerprint density at radius 1 is 1.30 bits per heavy atom. The standard InChI is InChI=1S/C15H23N3O2/c1-12(19)18-9-7-17(8-10-18)6-5-13-3-4-15(20-2)14(16)11-13/h3-4,11H,5-10,16H2,1-2H3. The van der Waals surface area contributed by atoms with Crippen LogP contribution < -0.4 is 10.5 Å². The summed E-state index contributed by atoms with van der Waals surface area (Å²) in [5, 5.41) is 0. The highest BCUT2D eigenvalue weighted by molar-refractivity contribution is 5.73. The molecule has 1 saturated heterocycles. The van der Waals surface area contributed by atoms with Crippen molar-refractivity contribution in [3.05, 3.63) is 23.8 Å². The van der Waals surface area contributed by atoms with E-state index in [0.29, 0.717) is 5.69 Å². The van der Waals surface area contributed by atoms with Crippen molar-refractivity contribution in [2.45, 2.75) is 13.3 Å². The predicted octanol–water partition coefficient (Wildman–Crippen LogP) is 0.984. The number of anilines is 1. The van der Waals surface area contributed by atoms with Crippen LogP contribution in [0.1, 0.15) is 12.5 Å². The van der Waals surface area contributed by atoms with E-state index in [9.17, 15) is 4.79 Å². The van der Waals surface area contributed by atoms with Gasteiger partial charge in [-0.3, -0.25) is 9.69 Å². The first-order chi connectivity index (χ1) is 9.60. The molecule has 0 aromatic heterocycles. The van der Waals surface area contributed by atoms with Crippen LogP contribution in [-0.2, 0) is 11.2 Å². The summed E-state index contributed by atoms with van der Waals surface area (Å²) in [4.78, 5) is 15.6. The van der Waals surface area contributed by atoms with Gasteiger partial charge in [-0.2, -0.15) is 0 Å². The second-order valence-electron chi connectivity index (χ2n) is 5.17. The number of ether oxygens (including phenoxy) is 1. The van der Waals surface area contributed by atoms with Gasteiger partial charge in [0.15, 0.2) is 0 Å². The van der Waals surface area contributed by atoms with Crippen molar-refractivity contribution in [2.24, 2.45) is 0 Å². The minimum absolute atomic E-state index is 0.174. The lowest BCUT2D eigenvalue weighted by Gasteiger charge is -2.34. The fourth-order valence-electron chi connectivity index (χ4n) is 2.51. The second kappa shape index (κ2) is 6.61. The number of piperazine rings is 1. The highest BCUT2D eigenvalue weighted by Crippen LogP contribution is 2.22. The summed E-state index contributed by atoms with van der Waals surface area (Å²) in [5.74, 6) is 0.899. The molecule has 0 atom stereocenters. The van der Waals surface area contributed by atoms with Crippen LogP contribution in [0.3, 0.4) is 0 Å². The van der Waals surface area contributed by atoms with Gasteiger partial charge in [0.25, 0.3) is 0 Å². The molecule has 1 aliphatic rings. The van der Waals surface area contributed by atoms with Gasteiger partial charge in [0.05, 0.1) is 12.8 Å². The Labute approximate surface area is 120 Å². The Morgan fingerprint density at radius 2 is 2.00 bits per heavy atom. The van der Waals surface area contributed by atoms with Crippen LogP contribution in [0.2, 0.25) is 0 Å². The first kappa shape index (κ1) is 14.7. The summed E-state index contributed by atoms with van der Waals surface area (Å²) < 4.78 is 5.16. The zero-order chi connectivity index (χ0) is 14.5. The fraction of sp³-hybridized carbons (Fsp3) is 0.533. The number of nitrogen functional groups attached to an aromatic ring is 1. The molecule has 20 heavy (non-hydrogen) atoms. The van der Waals surface area contributed by atoms with Gasteiger partial charge >= 0.3 is 0 Å². The Morgan fingerprint density at radius 3 is 2.55 bits per heavy atom. The number of carbonyl (C=O) groups is 1. The van der Waals surface area contributed by atoms with Crippen LogP contribution in [-0.4, -0.2) is 55.5 Å². The normalized spacial score (nSPS) is 16.2. The lowest BCUT2D eigenvalue weighted by Crippen LogP contribution is -2.48. The molecule has 0 bridgehead atoms. The van der Waals surface area contributed by atoms with Gasteiger partial charge in [-0.15, -0.1) is 0 Å². The molecule has 1 aromatic rings. The number of hydrogen-bond donors (Lipinski definition) is 1. The topological polar surface area (TPSA) is 58.8 Å². The van der Waals surface area contributed by atoms with Crippen molar-refractivity contribution >= 4 is 11.6 Å². The average molecular weight is 277 g/mol. The van der Waals surface area contributed by atoms with Crippen molar-refractivity contribution in [3.8, 4) is 5.75 Å². The van der Waals surface area contributed by atoms with E-state index in [2.05, 4.69) is 11.0 Å². The van der Waals surface area contributed by atoms with Crippen LogP contribution in [0.15, 0.2) is 18.2 Å². The first-order valence-electron chi connectivity index (χ1n) is 7.00. The monoisotopic (exact) mass is 277 g/mol. The summed E-state index contributed by atoms with van der Waals surface area (Å²) in [5.41, 5.74) is 7.82. The van der Waals surface area contributed by atoms with E-state index in [4.69, 9.17) is 10.5 Å². The third-order valence-electron chi connectivity index (χ3n) is 3.83. The molecular weight excluding hydrogens is 254 g/mol. The van der Waals surface area contributed by atoms with E-state index in [0.717, 1.165) is 44.9 Å². The van der Waals surface area contributed by atoms with Crippen LogP contribution in [0, 0.1) is 0 Å². The second-order valence-corrected chi connectivity index (χ2v) is 5.17. The van der Waals surface area contributed by atoms with E-state index < -0.39 is 0 Å². The Kier molecular flexibility index (Phi) is 4.84. The number of hydrogen-bond acceptors (Lipinski definition) is 4. The smallest absolute Gasteiger partial charge is 0.219 e. The Hall–Kier alpha value is -1.75. The molecule has 1 aliphatic heterocycles. The summed E-state index contributed by atoms with van der Waals surface area (Å²) in [7, 11) is 1.62. The third-order valence-corrected chi connectivity index (χ3v) is 3.83. The molecule has 5 nitrogen and oxygen atoms in total. The third kappa shape index (κ3) is 3.63. The SMILES string of the molecule is COc1ccc(CCN2CCN(C(C)=O)CC2)cc1N. The zero-order valence-corrected chi connectivity index (χ0v) is 12.3. The number of methoxy groups -OCH3 is 1. The van der Waals surface area contributed by atoms with Gasteiger partial charge in [0.2, 0.25) is 5.91 Å². The van der Waals surface area contributed by atoms with Gasteiger partial charge in [-0.1, -0.05) is 6.07 Å². The van der Waals surface area contributed by atoms with Crippen LogP contribution in [0.4, 0.5) is 5.69 Å². The summed E-state index contributed by atoms with van der Waals surface area (Å²) in [6.45, 7) is 6.20. The molecular formula is C15H23N3O2. The van der Waals surface area contributed by atoms with E-state index in [-0.39, 0.29) is 5.91 Å². The molecule has 0 spiro atoms. The van der Waals surface area contributed by atoms with E-state index in [1.165, 1.54) is 5.56 Å². The first-order valence-corrected chi connectivity index (χ1v) is 7.00. The minimum atomic E-state index is 0.174. The predicted molar refractivity (Wildman–Crippen MR) is 79.8 cm³/mol. The largest absolute Gasteiger partial charge is 0.495 e. The van der Waals surface area contributed by atoms with E-state index >= 15 is 0 Å². The van der Waals surface area contributed by atoms with Gasteiger partial charge < -0.3 is 15.4 Å². The quantitative estimate of drug-likeness (QED) is 0.834. The highest BCUT2D eigenvalue weighted by atomic mass is 16.5. The molecule has 1 amide bonds. The maximum absolute atomic E-state index is 11.3. The molecule has 1 fully saturated rings. The molecule has 2 N–H and O–H groups in total. The molecule has 110 valence electrons. The molecule has 1 heterocycles. The molecule has 0 saturated carbocycles. The molecule has 2 rings (SSSR count). The Bertz CT molecular complexity index is 468. The number of carbonyl (C=O) groups excluding carboxylic acids is 1. The molecule has 1 aromatic carbocycles. The number of benzene rings is 1. The fourth-order valence-corrected chi connectivity index (χ4v) is 2.51. The van der Waals surface area contributed by atoms with Crippen LogP contribution >= 0.6 is 0 Å². The molecule has 0 radical (unpaired) electrons. The lowest BCUT2D eigenvalue weighted by atomic mass is 10.1. The van der Waals surface area contributed by atoms with Gasteiger partial charge in [0, 0.05) is 39.6 Å². The molecule has 0 aliphatic carbocycles. The maximum Gasteiger partial charge on any atom is 0.219 e. The summed E-state index contributed by atoms with van der Waals surface area (Å²) in [6, 6.07) is 5.95. The Balaban J connectivity index is 1.81. The maximum atomic E-state index is 11.3. The zero-order valence-electron chi connectivity index (χ0n) is 12.3.